The average Bonchev–Trinajstić information content (AvgIpc) is 2.26. The molecule has 0 unspecified atom stereocenters. The number of hydrogen-bond donors (Lipinski definition) is 0. The van der Waals surface area contributed by atoms with E-state index in [9.17, 15) is 4.79 Å². The van der Waals surface area contributed by atoms with E-state index in [1.54, 1.807) is 0 Å². The minimum atomic E-state index is -0.337. The molecule has 3 heteroatoms. The predicted molar refractivity (Wildman–Crippen MR) is 66.8 cm³/mol. The summed E-state index contributed by atoms with van der Waals surface area (Å²) in [4.78, 5) is 12.2. The van der Waals surface area contributed by atoms with Gasteiger partial charge in [0.1, 0.15) is 5.58 Å². The Hall–Kier alpha value is -1.66. The summed E-state index contributed by atoms with van der Waals surface area (Å²) in [6.45, 7) is 2.00. The standard InChI is InChI=1S/C13H10O2S/c1-3-6-16-12-8-13(14)15-11-5-4-9(2)7-10(11)12/h1,4-5,7-8H,6H2,2H3. The number of thioether (sulfide) groups is 1. The fourth-order valence-electron chi connectivity index (χ4n) is 1.49. The van der Waals surface area contributed by atoms with Crippen molar-refractivity contribution in [3.63, 3.8) is 0 Å². The van der Waals surface area contributed by atoms with Crippen molar-refractivity contribution in [3.8, 4) is 12.3 Å². The highest BCUT2D eigenvalue weighted by Gasteiger charge is 2.05. The molecule has 0 spiro atoms. The van der Waals surface area contributed by atoms with Gasteiger partial charge in [0, 0.05) is 16.3 Å². The second-order valence-electron chi connectivity index (χ2n) is 3.42. The lowest BCUT2D eigenvalue weighted by molar-refractivity contribution is 0.557. The molecule has 0 saturated heterocycles. The molecule has 0 saturated carbocycles. The summed E-state index contributed by atoms with van der Waals surface area (Å²) in [5.41, 5.74) is 1.40. The lowest BCUT2D eigenvalue weighted by Crippen LogP contribution is -1.97. The average molecular weight is 230 g/mol. The number of aryl methyl sites for hydroxylation is 1. The molecule has 0 bridgehead atoms. The highest BCUT2D eigenvalue weighted by atomic mass is 32.2. The summed E-state index contributed by atoms with van der Waals surface area (Å²) < 4.78 is 5.12. The molecule has 0 N–H and O–H groups in total. The van der Waals surface area contributed by atoms with Crippen LogP contribution in [0.15, 0.2) is 38.4 Å². The Balaban J connectivity index is 2.65. The van der Waals surface area contributed by atoms with E-state index in [2.05, 4.69) is 5.92 Å². The van der Waals surface area contributed by atoms with Crippen LogP contribution in [0.4, 0.5) is 0 Å². The van der Waals surface area contributed by atoms with Crippen LogP contribution in [0.25, 0.3) is 11.0 Å². The molecule has 0 amide bonds. The van der Waals surface area contributed by atoms with Crippen LogP contribution in [-0.2, 0) is 0 Å². The zero-order valence-electron chi connectivity index (χ0n) is 8.82. The molecule has 0 fully saturated rings. The highest BCUT2D eigenvalue weighted by molar-refractivity contribution is 7.99. The van der Waals surface area contributed by atoms with Crippen molar-refractivity contribution in [1.82, 2.24) is 0 Å². The van der Waals surface area contributed by atoms with Crippen LogP contribution >= 0.6 is 11.8 Å². The first-order valence-corrected chi connectivity index (χ1v) is 5.80. The van der Waals surface area contributed by atoms with Crippen LogP contribution in [0.3, 0.4) is 0 Å². The Morgan fingerprint density at radius 3 is 3.00 bits per heavy atom. The Morgan fingerprint density at radius 2 is 2.25 bits per heavy atom. The molecule has 1 aromatic carbocycles. The number of fused-ring (bicyclic) bond motifs is 1. The van der Waals surface area contributed by atoms with Crippen molar-refractivity contribution in [2.45, 2.75) is 11.8 Å². The van der Waals surface area contributed by atoms with Crippen molar-refractivity contribution in [3.05, 3.63) is 40.2 Å². The third-order valence-corrected chi connectivity index (χ3v) is 3.13. The van der Waals surface area contributed by atoms with E-state index >= 15 is 0 Å². The zero-order valence-corrected chi connectivity index (χ0v) is 9.64. The van der Waals surface area contributed by atoms with Crippen molar-refractivity contribution in [2.24, 2.45) is 0 Å². The monoisotopic (exact) mass is 230 g/mol. The summed E-state index contributed by atoms with van der Waals surface area (Å²) in [7, 11) is 0. The molecule has 1 aromatic heterocycles. The Labute approximate surface area is 97.7 Å². The fraction of sp³-hybridized carbons (Fsp3) is 0.154. The summed E-state index contributed by atoms with van der Waals surface area (Å²) in [6, 6.07) is 7.22. The molecule has 80 valence electrons. The highest BCUT2D eigenvalue weighted by Crippen LogP contribution is 2.26. The van der Waals surface area contributed by atoms with Gasteiger partial charge in [0.2, 0.25) is 0 Å². The van der Waals surface area contributed by atoms with Gasteiger partial charge in [-0.05, 0) is 19.1 Å². The van der Waals surface area contributed by atoms with Gasteiger partial charge in [-0.25, -0.2) is 4.79 Å². The Kier molecular flexibility index (Phi) is 3.02. The van der Waals surface area contributed by atoms with Gasteiger partial charge in [-0.2, -0.15) is 0 Å². The number of rotatable bonds is 2. The Morgan fingerprint density at radius 1 is 1.44 bits per heavy atom. The summed E-state index contributed by atoms with van der Waals surface area (Å²) in [6.07, 6.45) is 5.22. The van der Waals surface area contributed by atoms with Gasteiger partial charge in [-0.1, -0.05) is 17.6 Å². The maximum Gasteiger partial charge on any atom is 0.337 e. The van der Waals surface area contributed by atoms with Crippen molar-refractivity contribution in [1.29, 1.82) is 0 Å². The SMILES string of the molecule is C#CCSc1cc(=O)oc2ccc(C)cc12. The van der Waals surface area contributed by atoms with Gasteiger partial charge in [0.05, 0.1) is 5.75 Å². The van der Waals surface area contributed by atoms with Crippen LogP contribution in [0.1, 0.15) is 5.56 Å². The number of hydrogen-bond acceptors (Lipinski definition) is 3. The second-order valence-corrected chi connectivity index (χ2v) is 4.44. The van der Waals surface area contributed by atoms with Gasteiger partial charge in [-0.15, -0.1) is 18.2 Å². The van der Waals surface area contributed by atoms with Crippen LogP contribution in [0, 0.1) is 19.3 Å². The largest absolute Gasteiger partial charge is 0.423 e. The molecular weight excluding hydrogens is 220 g/mol. The van der Waals surface area contributed by atoms with Gasteiger partial charge in [0.25, 0.3) is 0 Å². The minimum absolute atomic E-state index is 0.337. The molecule has 2 rings (SSSR count). The van der Waals surface area contributed by atoms with E-state index in [0.717, 1.165) is 15.8 Å². The number of benzene rings is 1. The normalized spacial score (nSPS) is 10.2. The van der Waals surface area contributed by atoms with Crippen molar-refractivity contribution in [2.75, 3.05) is 5.75 Å². The first-order chi connectivity index (χ1) is 7.70. The summed E-state index contributed by atoms with van der Waals surface area (Å²) in [5, 5.41) is 0.944. The van der Waals surface area contributed by atoms with Gasteiger partial charge < -0.3 is 4.42 Å². The first-order valence-electron chi connectivity index (χ1n) is 4.81. The molecule has 0 aliphatic carbocycles. The van der Waals surface area contributed by atoms with Crippen LogP contribution in [0.2, 0.25) is 0 Å². The molecular formula is C13H10O2S. The van der Waals surface area contributed by atoms with E-state index in [0.29, 0.717) is 11.3 Å². The predicted octanol–water partition coefficient (Wildman–Crippen LogP) is 2.83. The third kappa shape index (κ3) is 2.12. The smallest absolute Gasteiger partial charge is 0.337 e. The lowest BCUT2D eigenvalue weighted by atomic mass is 10.2. The zero-order chi connectivity index (χ0) is 11.5. The molecule has 0 aliphatic heterocycles. The van der Waals surface area contributed by atoms with Crippen molar-refractivity contribution < 1.29 is 4.42 Å². The minimum Gasteiger partial charge on any atom is -0.423 e. The van der Waals surface area contributed by atoms with Crippen LogP contribution in [0.5, 0.6) is 0 Å². The van der Waals surface area contributed by atoms with E-state index in [1.807, 2.05) is 25.1 Å². The van der Waals surface area contributed by atoms with Gasteiger partial charge >= 0.3 is 5.63 Å². The lowest BCUT2D eigenvalue weighted by Gasteiger charge is -2.03. The van der Waals surface area contributed by atoms with E-state index < -0.39 is 0 Å². The fourth-order valence-corrected chi connectivity index (χ4v) is 2.22. The molecule has 2 aromatic rings. The molecule has 0 atom stereocenters. The number of terminal acetylenes is 1. The molecule has 2 nitrogen and oxygen atoms in total. The maximum absolute atomic E-state index is 11.3. The summed E-state index contributed by atoms with van der Waals surface area (Å²) >= 11 is 1.48. The van der Waals surface area contributed by atoms with E-state index in [1.165, 1.54) is 17.8 Å². The first kappa shape index (κ1) is 10.8. The van der Waals surface area contributed by atoms with Gasteiger partial charge in [0.15, 0.2) is 0 Å². The molecule has 16 heavy (non-hydrogen) atoms. The Bertz CT molecular complexity index is 620. The maximum atomic E-state index is 11.3. The van der Waals surface area contributed by atoms with Crippen molar-refractivity contribution >= 4 is 22.7 Å². The third-order valence-electron chi connectivity index (χ3n) is 2.17. The molecule has 0 radical (unpaired) electrons. The van der Waals surface area contributed by atoms with E-state index in [4.69, 9.17) is 10.8 Å². The molecule has 1 heterocycles. The second kappa shape index (κ2) is 4.46. The topological polar surface area (TPSA) is 30.2 Å². The quantitative estimate of drug-likeness (QED) is 0.451. The van der Waals surface area contributed by atoms with Gasteiger partial charge in [-0.3, -0.25) is 0 Å². The van der Waals surface area contributed by atoms with E-state index in [-0.39, 0.29) is 5.63 Å². The van der Waals surface area contributed by atoms with Crippen LogP contribution in [-0.4, -0.2) is 5.75 Å². The molecule has 0 aliphatic rings. The summed E-state index contributed by atoms with van der Waals surface area (Å²) in [5.74, 6) is 3.09. The van der Waals surface area contributed by atoms with Crippen LogP contribution < -0.4 is 5.63 Å².